The van der Waals surface area contributed by atoms with Gasteiger partial charge < -0.3 is 10.6 Å². The number of carbonyl (C=O) groups excluding carboxylic acids is 2. The van der Waals surface area contributed by atoms with Crippen molar-refractivity contribution in [3.8, 4) is 0 Å². The summed E-state index contributed by atoms with van der Waals surface area (Å²) in [5, 5.41) is 6.66. The minimum Gasteiger partial charge on any atom is -0.355 e. The lowest BCUT2D eigenvalue weighted by molar-refractivity contribution is -0.124. The van der Waals surface area contributed by atoms with Gasteiger partial charge in [-0.05, 0) is 42.3 Å². The molecule has 4 nitrogen and oxygen atoms in total. The van der Waals surface area contributed by atoms with Crippen molar-refractivity contribution in [3.63, 3.8) is 0 Å². The molecule has 0 bridgehead atoms. The molecule has 1 fully saturated rings. The van der Waals surface area contributed by atoms with Crippen molar-refractivity contribution in [1.29, 1.82) is 0 Å². The second-order valence-corrected chi connectivity index (χ2v) is 8.88. The zero-order valence-corrected chi connectivity index (χ0v) is 17.7. The first-order valence-corrected chi connectivity index (χ1v) is 10.3. The molecule has 2 heterocycles. The highest BCUT2D eigenvalue weighted by Crippen LogP contribution is 2.55. The fourth-order valence-corrected chi connectivity index (χ4v) is 5.29. The molecule has 2 aromatic rings. The van der Waals surface area contributed by atoms with E-state index in [-0.39, 0.29) is 30.1 Å². The van der Waals surface area contributed by atoms with Crippen molar-refractivity contribution in [1.82, 2.24) is 5.32 Å². The summed E-state index contributed by atoms with van der Waals surface area (Å²) in [6, 6.07) is 13.4. The van der Waals surface area contributed by atoms with Gasteiger partial charge in [-0.2, -0.15) is 0 Å². The molecule has 1 saturated heterocycles. The van der Waals surface area contributed by atoms with Gasteiger partial charge in [0.2, 0.25) is 11.8 Å². The molecule has 0 aliphatic carbocycles. The van der Waals surface area contributed by atoms with Gasteiger partial charge in [-0.15, -0.1) is 0 Å². The number of rotatable bonds is 2. The van der Waals surface area contributed by atoms with Crippen LogP contribution in [0.5, 0.6) is 0 Å². The normalized spacial score (nSPS) is 26.4. The summed E-state index contributed by atoms with van der Waals surface area (Å²) in [5.74, 6) is -0.784. The van der Waals surface area contributed by atoms with Gasteiger partial charge in [0.25, 0.3) is 0 Å². The van der Waals surface area contributed by atoms with Crippen LogP contribution in [0.2, 0.25) is 5.02 Å². The zero-order valence-electron chi connectivity index (χ0n) is 15.4. The van der Waals surface area contributed by atoms with E-state index in [1.165, 1.54) is 0 Å². The molecule has 2 amide bonds. The summed E-state index contributed by atoms with van der Waals surface area (Å²) in [5.41, 5.74) is 2.47. The fourth-order valence-electron chi connectivity index (χ4n) is 4.73. The quantitative estimate of drug-likeness (QED) is 0.635. The third-order valence-electron chi connectivity index (χ3n) is 5.89. The van der Waals surface area contributed by atoms with E-state index in [4.69, 9.17) is 11.6 Å². The van der Waals surface area contributed by atoms with E-state index in [0.717, 1.165) is 26.9 Å². The summed E-state index contributed by atoms with van der Waals surface area (Å²) in [7, 11) is 0. The van der Waals surface area contributed by atoms with E-state index in [0.29, 0.717) is 11.6 Å². The summed E-state index contributed by atoms with van der Waals surface area (Å²) in [6.07, 6.45) is 0.218. The second kappa shape index (κ2) is 7.05. The Bertz CT molecular complexity index is 1010. The second-order valence-electron chi connectivity index (χ2n) is 7.53. The van der Waals surface area contributed by atoms with Crippen LogP contribution >= 0.6 is 27.5 Å². The van der Waals surface area contributed by atoms with Crippen LogP contribution in [0.1, 0.15) is 30.4 Å². The fraction of sp³-hybridized carbons (Fsp3) is 0.273. The van der Waals surface area contributed by atoms with Crippen molar-refractivity contribution < 1.29 is 9.59 Å². The van der Waals surface area contributed by atoms with Crippen LogP contribution in [0.15, 0.2) is 59.1 Å². The number of halogens is 2. The Morgan fingerprint density at radius 3 is 2.75 bits per heavy atom. The lowest BCUT2D eigenvalue weighted by Crippen LogP contribution is -2.48. The summed E-state index contributed by atoms with van der Waals surface area (Å²) in [4.78, 5) is 26.2. The number of anilines is 1. The SMILES string of the molecule is C=C(C)[C@H]1CC(=O)NC[C@@H](c2cccc(Cl)c2)[C@]12C(=O)Nc1cc(Br)ccc12. The topological polar surface area (TPSA) is 58.2 Å². The monoisotopic (exact) mass is 458 g/mol. The zero-order chi connectivity index (χ0) is 20.1. The molecule has 0 saturated carbocycles. The summed E-state index contributed by atoms with van der Waals surface area (Å²) in [6.45, 7) is 6.40. The molecule has 144 valence electrons. The van der Waals surface area contributed by atoms with Crippen molar-refractivity contribution in [3.05, 3.63) is 75.2 Å². The van der Waals surface area contributed by atoms with Crippen molar-refractivity contribution in [2.24, 2.45) is 5.92 Å². The number of allylic oxidation sites excluding steroid dienone is 1. The lowest BCUT2D eigenvalue weighted by Gasteiger charge is -2.40. The molecule has 2 aliphatic heterocycles. The predicted octanol–water partition coefficient (Wildman–Crippen LogP) is 4.79. The van der Waals surface area contributed by atoms with Gasteiger partial charge in [-0.25, -0.2) is 0 Å². The molecular formula is C22H20BrClN2O2. The molecular weight excluding hydrogens is 440 g/mol. The molecule has 0 unspecified atom stereocenters. The number of fused-ring (bicyclic) bond motifs is 2. The molecule has 0 aromatic heterocycles. The van der Waals surface area contributed by atoms with Crippen molar-refractivity contribution in [2.75, 3.05) is 11.9 Å². The van der Waals surface area contributed by atoms with Gasteiger partial charge >= 0.3 is 0 Å². The molecule has 0 radical (unpaired) electrons. The molecule has 28 heavy (non-hydrogen) atoms. The molecule has 6 heteroatoms. The van der Waals surface area contributed by atoms with Gasteiger partial charge in [-0.1, -0.05) is 57.9 Å². The van der Waals surface area contributed by atoms with E-state index < -0.39 is 5.41 Å². The van der Waals surface area contributed by atoms with Crippen LogP contribution in [0.3, 0.4) is 0 Å². The molecule has 3 atom stereocenters. The Balaban J connectivity index is 2.03. The molecule has 2 aromatic carbocycles. The highest BCUT2D eigenvalue weighted by atomic mass is 79.9. The van der Waals surface area contributed by atoms with Gasteiger partial charge in [0.15, 0.2) is 0 Å². The third-order valence-corrected chi connectivity index (χ3v) is 6.62. The smallest absolute Gasteiger partial charge is 0.236 e. The first kappa shape index (κ1) is 19.2. The minimum atomic E-state index is -0.939. The van der Waals surface area contributed by atoms with Crippen molar-refractivity contribution in [2.45, 2.75) is 24.7 Å². The Kier molecular flexibility index (Phi) is 4.84. The first-order chi connectivity index (χ1) is 13.3. The van der Waals surface area contributed by atoms with E-state index in [2.05, 4.69) is 33.1 Å². The minimum absolute atomic E-state index is 0.0738. The molecule has 4 rings (SSSR count). The van der Waals surface area contributed by atoms with Crippen LogP contribution in [-0.2, 0) is 15.0 Å². The number of nitrogens with one attached hydrogen (secondary N) is 2. The van der Waals surface area contributed by atoms with Gasteiger partial charge in [-0.3, -0.25) is 9.59 Å². The Labute approximate surface area is 177 Å². The number of hydrogen-bond acceptors (Lipinski definition) is 2. The van der Waals surface area contributed by atoms with Gasteiger partial charge in [0.05, 0.1) is 5.41 Å². The third kappa shape index (κ3) is 2.88. The predicted molar refractivity (Wildman–Crippen MR) is 115 cm³/mol. The maximum atomic E-state index is 13.6. The Hall–Kier alpha value is -2.11. The molecule has 1 spiro atoms. The average Bonchev–Trinajstić information content (AvgIpc) is 2.80. The van der Waals surface area contributed by atoms with Crippen LogP contribution in [0, 0.1) is 5.92 Å². The van der Waals surface area contributed by atoms with Crippen LogP contribution in [0.4, 0.5) is 5.69 Å². The largest absolute Gasteiger partial charge is 0.355 e. The number of amides is 2. The van der Waals surface area contributed by atoms with Crippen LogP contribution < -0.4 is 10.6 Å². The Morgan fingerprint density at radius 1 is 1.25 bits per heavy atom. The average molecular weight is 460 g/mol. The van der Waals surface area contributed by atoms with Crippen LogP contribution in [0.25, 0.3) is 0 Å². The maximum Gasteiger partial charge on any atom is 0.236 e. The maximum absolute atomic E-state index is 13.6. The van der Waals surface area contributed by atoms with Crippen LogP contribution in [-0.4, -0.2) is 18.4 Å². The number of carbonyl (C=O) groups is 2. The van der Waals surface area contributed by atoms with Crippen molar-refractivity contribution >= 4 is 45.0 Å². The first-order valence-electron chi connectivity index (χ1n) is 9.13. The van der Waals surface area contributed by atoms with E-state index in [1.807, 2.05) is 49.4 Å². The highest BCUT2D eigenvalue weighted by molar-refractivity contribution is 9.10. The summed E-state index contributed by atoms with van der Waals surface area (Å²) >= 11 is 9.76. The Morgan fingerprint density at radius 2 is 2.04 bits per heavy atom. The number of hydrogen-bond donors (Lipinski definition) is 2. The van der Waals surface area contributed by atoms with E-state index >= 15 is 0 Å². The van der Waals surface area contributed by atoms with E-state index in [9.17, 15) is 9.59 Å². The molecule has 2 N–H and O–H groups in total. The van der Waals surface area contributed by atoms with E-state index in [1.54, 1.807) is 0 Å². The van der Waals surface area contributed by atoms with Gasteiger partial charge in [0, 0.05) is 40.0 Å². The molecule has 2 aliphatic rings. The number of benzene rings is 2. The standard InChI is InChI=1S/C22H20BrClN2O2/c1-12(2)17-10-20(27)25-11-18(13-4-3-5-15(24)8-13)22(17)16-7-6-14(23)9-19(16)26-21(22)28/h3-9,17-18H,1,10-11H2,2H3,(H,25,27)(H,26,28)/t17-,18+,22-/m1/s1. The summed E-state index contributed by atoms with van der Waals surface area (Å²) < 4.78 is 0.887. The highest BCUT2D eigenvalue weighted by Gasteiger charge is 2.59. The lowest BCUT2D eigenvalue weighted by atomic mass is 9.59. The van der Waals surface area contributed by atoms with Gasteiger partial charge in [0.1, 0.15) is 0 Å².